The van der Waals surface area contributed by atoms with Crippen LogP contribution >= 0.6 is 11.6 Å². The molecule has 2 aromatic carbocycles. The Balaban J connectivity index is 1.69. The standard InChI is InChI=1S/C16H11ClN6O/c17-14-7-2-1-6-13(14)16-20-22-23(21-16)10-15(24)19-12-5-3-4-11(8-12)9-18/h1-8H,10H2,(H,19,24). The topological polar surface area (TPSA) is 96.5 Å². The number of nitrogens with zero attached hydrogens (tertiary/aromatic N) is 5. The maximum absolute atomic E-state index is 12.0. The third-order valence-corrected chi connectivity index (χ3v) is 3.46. The van der Waals surface area contributed by atoms with Gasteiger partial charge < -0.3 is 5.32 Å². The van der Waals surface area contributed by atoms with Crippen LogP contribution in [0.2, 0.25) is 5.02 Å². The molecule has 118 valence electrons. The molecule has 0 fully saturated rings. The van der Waals surface area contributed by atoms with E-state index in [9.17, 15) is 4.79 Å². The van der Waals surface area contributed by atoms with E-state index >= 15 is 0 Å². The fourth-order valence-corrected chi connectivity index (χ4v) is 2.28. The normalized spacial score (nSPS) is 10.2. The number of carbonyl (C=O) groups is 1. The molecule has 3 rings (SSSR count). The molecule has 1 aromatic heterocycles. The van der Waals surface area contributed by atoms with E-state index < -0.39 is 0 Å². The van der Waals surface area contributed by atoms with Crippen LogP contribution in [0.4, 0.5) is 5.69 Å². The van der Waals surface area contributed by atoms with Crippen molar-refractivity contribution in [3.05, 3.63) is 59.1 Å². The molecular formula is C16H11ClN6O. The highest BCUT2D eigenvalue weighted by molar-refractivity contribution is 6.33. The Morgan fingerprint density at radius 3 is 2.88 bits per heavy atom. The average Bonchev–Trinajstić information content (AvgIpc) is 3.03. The predicted octanol–water partition coefficient (Wildman–Crippen LogP) is 2.50. The Hall–Kier alpha value is -3.24. The number of tetrazole rings is 1. The van der Waals surface area contributed by atoms with Crippen LogP contribution in [0.5, 0.6) is 0 Å². The van der Waals surface area contributed by atoms with Gasteiger partial charge in [0.05, 0.1) is 16.7 Å². The van der Waals surface area contributed by atoms with Crippen LogP contribution in [0.15, 0.2) is 48.5 Å². The van der Waals surface area contributed by atoms with Crippen molar-refractivity contribution in [2.75, 3.05) is 5.32 Å². The van der Waals surface area contributed by atoms with Gasteiger partial charge in [-0.3, -0.25) is 4.79 Å². The number of anilines is 1. The van der Waals surface area contributed by atoms with E-state index in [4.69, 9.17) is 16.9 Å². The fraction of sp³-hybridized carbons (Fsp3) is 0.0625. The lowest BCUT2D eigenvalue weighted by atomic mass is 10.2. The number of rotatable bonds is 4. The van der Waals surface area contributed by atoms with Gasteiger partial charge in [0, 0.05) is 11.3 Å². The molecular weight excluding hydrogens is 328 g/mol. The molecule has 0 bridgehead atoms. The molecule has 0 aliphatic heterocycles. The minimum absolute atomic E-state index is 0.103. The minimum atomic E-state index is -0.326. The third kappa shape index (κ3) is 3.56. The number of carbonyl (C=O) groups excluding carboxylic acids is 1. The van der Waals surface area contributed by atoms with E-state index in [2.05, 4.69) is 20.7 Å². The van der Waals surface area contributed by atoms with Crippen LogP contribution in [0.1, 0.15) is 5.56 Å². The summed E-state index contributed by atoms with van der Waals surface area (Å²) < 4.78 is 0. The van der Waals surface area contributed by atoms with E-state index in [1.165, 1.54) is 4.80 Å². The van der Waals surface area contributed by atoms with Crippen molar-refractivity contribution in [3.63, 3.8) is 0 Å². The number of aromatic nitrogens is 4. The Morgan fingerprint density at radius 2 is 2.08 bits per heavy atom. The molecule has 0 aliphatic carbocycles. The second-order valence-electron chi connectivity index (χ2n) is 4.86. The summed E-state index contributed by atoms with van der Waals surface area (Å²) in [5, 5.41) is 24.0. The fourth-order valence-electron chi connectivity index (χ4n) is 2.06. The summed E-state index contributed by atoms with van der Waals surface area (Å²) in [4.78, 5) is 13.2. The Morgan fingerprint density at radius 1 is 1.25 bits per heavy atom. The van der Waals surface area contributed by atoms with Gasteiger partial charge >= 0.3 is 0 Å². The zero-order valence-corrected chi connectivity index (χ0v) is 13.1. The highest BCUT2D eigenvalue weighted by Crippen LogP contribution is 2.23. The molecule has 24 heavy (non-hydrogen) atoms. The molecule has 0 spiro atoms. The number of benzene rings is 2. The van der Waals surface area contributed by atoms with Crippen LogP contribution in [0, 0.1) is 11.3 Å². The van der Waals surface area contributed by atoms with Crippen molar-refractivity contribution >= 4 is 23.2 Å². The molecule has 1 heterocycles. The maximum atomic E-state index is 12.0. The van der Waals surface area contributed by atoms with Gasteiger partial charge in [-0.1, -0.05) is 29.8 Å². The minimum Gasteiger partial charge on any atom is -0.324 e. The molecule has 1 amide bonds. The number of hydrogen-bond acceptors (Lipinski definition) is 5. The smallest absolute Gasteiger partial charge is 0.248 e. The van der Waals surface area contributed by atoms with Crippen molar-refractivity contribution in [2.24, 2.45) is 0 Å². The molecule has 0 saturated heterocycles. The van der Waals surface area contributed by atoms with E-state index in [1.54, 1.807) is 42.5 Å². The average molecular weight is 339 g/mol. The number of nitriles is 1. The first-order valence-corrected chi connectivity index (χ1v) is 7.36. The number of nitrogens with one attached hydrogen (secondary N) is 1. The van der Waals surface area contributed by atoms with Gasteiger partial charge in [-0.05, 0) is 35.5 Å². The zero-order chi connectivity index (χ0) is 16.9. The van der Waals surface area contributed by atoms with Gasteiger partial charge in [-0.25, -0.2) is 0 Å². The van der Waals surface area contributed by atoms with Crippen molar-refractivity contribution in [1.82, 2.24) is 20.2 Å². The van der Waals surface area contributed by atoms with Crippen molar-refractivity contribution in [2.45, 2.75) is 6.54 Å². The van der Waals surface area contributed by atoms with E-state index in [1.807, 2.05) is 12.1 Å². The summed E-state index contributed by atoms with van der Waals surface area (Å²) in [6.45, 7) is -0.103. The molecule has 0 aliphatic rings. The number of hydrogen-bond donors (Lipinski definition) is 1. The first-order chi connectivity index (χ1) is 11.7. The highest BCUT2D eigenvalue weighted by Gasteiger charge is 2.11. The van der Waals surface area contributed by atoms with E-state index in [0.717, 1.165) is 0 Å². The van der Waals surface area contributed by atoms with Crippen molar-refractivity contribution < 1.29 is 4.79 Å². The Labute approximate surface area is 142 Å². The largest absolute Gasteiger partial charge is 0.324 e. The number of halogens is 1. The van der Waals surface area contributed by atoms with Crippen LogP contribution in [-0.4, -0.2) is 26.1 Å². The van der Waals surface area contributed by atoms with Gasteiger partial charge in [0.1, 0.15) is 6.54 Å². The van der Waals surface area contributed by atoms with Gasteiger partial charge in [0.15, 0.2) is 0 Å². The second kappa shape index (κ2) is 6.89. The molecule has 7 nitrogen and oxygen atoms in total. The van der Waals surface area contributed by atoms with Gasteiger partial charge in [-0.2, -0.15) is 10.1 Å². The number of amides is 1. The van der Waals surface area contributed by atoms with E-state index in [-0.39, 0.29) is 12.5 Å². The molecule has 3 aromatic rings. The van der Waals surface area contributed by atoms with Crippen LogP contribution in [0.25, 0.3) is 11.4 Å². The molecule has 0 unspecified atom stereocenters. The van der Waals surface area contributed by atoms with Gasteiger partial charge in [0.25, 0.3) is 0 Å². The second-order valence-corrected chi connectivity index (χ2v) is 5.27. The molecule has 8 heteroatoms. The van der Waals surface area contributed by atoms with Crippen LogP contribution in [0.3, 0.4) is 0 Å². The first-order valence-electron chi connectivity index (χ1n) is 6.98. The molecule has 0 atom stereocenters. The first kappa shape index (κ1) is 15.6. The molecule has 0 saturated carbocycles. The SMILES string of the molecule is N#Cc1cccc(NC(=O)Cn2nnc(-c3ccccc3Cl)n2)c1. The third-order valence-electron chi connectivity index (χ3n) is 3.13. The summed E-state index contributed by atoms with van der Waals surface area (Å²) >= 11 is 6.09. The summed E-state index contributed by atoms with van der Waals surface area (Å²) in [6, 6.07) is 15.8. The summed E-state index contributed by atoms with van der Waals surface area (Å²) in [5.41, 5.74) is 1.64. The monoisotopic (exact) mass is 338 g/mol. The van der Waals surface area contributed by atoms with Gasteiger partial charge in [0.2, 0.25) is 11.7 Å². The van der Waals surface area contributed by atoms with Crippen LogP contribution < -0.4 is 5.32 Å². The van der Waals surface area contributed by atoms with Crippen molar-refractivity contribution in [3.8, 4) is 17.5 Å². The maximum Gasteiger partial charge on any atom is 0.248 e. The Bertz CT molecular complexity index is 930. The molecule has 0 radical (unpaired) electrons. The Kier molecular flexibility index (Phi) is 4.50. The lowest BCUT2D eigenvalue weighted by Gasteiger charge is -2.04. The summed E-state index contributed by atoms with van der Waals surface area (Å²) in [7, 11) is 0. The lowest BCUT2D eigenvalue weighted by molar-refractivity contribution is -0.117. The van der Waals surface area contributed by atoms with Crippen molar-refractivity contribution in [1.29, 1.82) is 5.26 Å². The molecule has 1 N–H and O–H groups in total. The quantitative estimate of drug-likeness (QED) is 0.788. The summed E-state index contributed by atoms with van der Waals surface area (Å²) in [5.74, 6) is 0.0214. The predicted molar refractivity (Wildman–Crippen MR) is 88.0 cm³/mol. The van der Waals surface area contributed by atoms with Gasteiger partial charge in [-0.15, -0.1) is 10.2 Å². The van der Waals surface area contributed by atoms with Crippen LogP contribution in [-0.2, 0) is 11.3 Å². The zero-order valence-electron chi connectivity index (χ0n) is 12.3. The van der Waals surface area contributed by atoms with E-state index in [0.29, 0.717) is 27.7 Å². The lowest BCUT2D eigenvalue weighted by Crippen LogP contribution is -2.20. The highest BCUT2D eigenvalue weighted by atomic mass is 35.5. The summed E-state index contributed by atoms with van der Waals surface area (Å²) in [6.07, 6.45) is 0.